The monoisotopic (exact) mass is 217 g/mol. The number of rotatable bonds is 6. The molecule has 0 aliphatic heterocycles. The van der Waals surface area contributed by atoms with E-state index in [4.69, 9.17) is 10.2 Å². The van der Waals surface area contributed by atoms with Crippen LogP contribution in [0, 0.1) is 11.8 Å². The van der Waals surface area contributed by atoms with E-state index in [0.29, 0.717) is 11.8 Å². The maximum atomic E-state index is 6.05. The smallest absolute Gasteiger partial charge is 0.146 e. The first-order valence-corrected chi connectivity index (χ1v) is 6.53. The number of nitrogens with two attached hydrogens (primary N) is 1. The van der Waals surface area contributed by atoms with Crippen LogP contribution < -0.4 is 5.73 Å². The fourth-order valence-electron chi connectivity index (χ4n) is 2.25. The van der Waals surface area contributed by atoms with Crippen LogP contribution in [0.4, 0.5) is 0 Å². The van der Waals surface area contributed by atoms with Crippen LogP contribution in [-0.4, -0.2) is 22.1 Å². The van der Waals surface area contributed by atoms with Gasteiger partial charge in [-0.15, -0.1) is 0 Å². The van der Waals surface area contributed by atoms with Crippen LogP contribution >= 0.6 is 0 Å². The zero-order chi connectivity index (χ0) is 11.4. The van der Waals surface area contributed by atoms with E-state index in [1.54, 1.807) is 0 Å². The van der Waals surface area contributed by atoms with Crippen molar-refractivity contribution in [2.75, 3.05) is 0 Å². The van der Waals surface area contributed by atoms with Crippen LogP contribution in [0.15, 0.2) is 0 Å². The maximum Gasteiger partial charge on any atom is 0.146 e. The van der Waals surface area contributed by atoms with Gasteiger partial charge in [-0.3, -0.25) is 0 Å². The van der Waals surface area contributed by atoms with E-state index in [0.717, 1.165) is 23.3 Å². The zero-order valence-electron chi connectivity index (χ0n) is 10.6. The fraction of sp³-hybridized carbons (Fsp3) is 1.00. The molecule has 0 bridgehead atoms. The maximum absolute atomic E-state index is 6.05. The molecule has 0 aromatic carbocycles. The Labute approximate surface area is 92.1 Å². The molecule has 0 radical (unpaired) electrons. The Morgan fingerprint density at radius 1 is 1.21 bits per heavy atom. The predicted octanol–water partition coefficient (Wildman–Crippen LogP) is 1.46. The molecule has 0 aliphatic rings. The molecule has 14 heavy (non-hydrogen) atoms. The van der Waals surface area contributed by atoms with Crippen molar-refractivity contribution in [3.63, 3.8) is 0 Å². The molecule has 0 saturated carbocycles. The summed E-state index contributed by atoms with van der Waals surface area (Å²) in [5, 5.41) is 0. The molecule has 0 rings (SSSR count). The third kappa shape index (κ3) is 3.07. The van der Waals surface area contributed by atoms with E-state index in [2.05, 4.69) is 34.6 Å². The first-order chi connectivity index (χ1) is 6.40. The van der Waals surface area contributed by atoms with Crippen molar-refractivity contribution in [3.05, 3.63) is 0 Å². The molecule has 1 unspecified atom stereocenters. The third-order valence-corrected chi connectivity index (χ3v) is 4.20. The van der Waals surface area contributed by atoms with Gasteiger partial charge in [0.2, 0.25) is 0 Å². The van der Waals surface area contributed by atoms with Gasteiger partial charge in [-0.25, -0.2) is 0 Å². The highest BCUT2D eigenvalue weighted by Crippen LogP contribution is 2.34. The first-order valence-electron chi connectivity index (χ1n) is 5.71. The highest BCUT2D eigenvalue weighted by molar-refractivity contribution is 5.98. The molecule has 0 saturated heterocycles. The summed E-state index contributed by atoms with van der Waals surface area (Å²) in [5.74, 6) is 1.08. The van der Waals surface area contributed by atoms with Crippen LogP contribution in [0.1, 0.15) is 47.5 Å². The Morgan fingerprint density at radius 2 is 1.64 bits per heavy atom. The molecular formula is C11H27NOSi. The van der Waals surface area contributed by atoms with Gasteiger partial charge >= 0.3 is 0 Å². The van der Waals surface area contributed by atoms with Gasteiger partial charge in [-0.1, -0.05) is 34.6 Å². The average Bonchev–Trinajstić information content (AvgIpc) is 2.12. The van der Waals surface area contributed by atoms with Crippen molar-refractivity contribution < 1.29 is 4.43 Å². The van der Waals surface area contributed by atoms with Crippen LogP contribution in [0.2, 0.25) is 0 Å². The summed E-state index contributed by atoms with van der Waals surface area (Å²) in [6.07, 6.45) is 2.02. The van der Waals surface area contributed by atoms with Gasteiger partial charge in [-0.2, -0.15) is 0 Å². The molecular weight excluding hydrogens is 190 g/mol. The lowest BCUT2D eigenvalue weighted by molar-refractivity contribution is -0.0279. The van der Waals surface area contributed by atoms with E-state index in [1.165, 1.54) is 0 Å². The summed E-state index contributed by atoms with van der Waals surface area (Å²) >= 11 is 0. The Balaban J connectivity index is 4.67. The van der Waals surface area contributed by atoms with Crippen molar-refractivity contribution in [1.82, 2.24) is 0 Å². The molecule has 0 aromatic rings. The van der Waals surface area contributed by atoms with Gasteiger partial charge in [0.15, 0.2) is 0 Å². The lowest BCUT2D eigenvalue weighted by Crippen LogP contribution is -2.47. The molecule has 2 nitrogen and oxygen atoms in total. The fourth-order valence-corrected chi connectivity index (χ4v) is 3.36. The molecule has 0 heterocycles. The van der Waals surface area contributed by atoms with Gasteiger partial charge in [0.1, 0.15) is 10.5 Å². The highest BCUT2D eigenvalue weighted by Gasteiger charge is 2.37. The van der Waals surface area contributed by atoms with Crippen LogP contribution in [0.3, 0.4) is 0 Å². The Morgan fingerprint density at radius 3 is 1.86 bits per heavy atom. The molecule has 2 N–H and O–H groups in total. The SMILES string of the molecule is CCC(N)CC(O[SiH3])(C(C)C)C(C)C. The quantitative estimate of drug-likeness (QED) is 0.684. The zero-order valence-corrected chi connectivity index (χ0v) is 12.6. The Kier molecular flexibility index (Phi) is 5.94. The van der Waals surface area contributed by atoms with Crippen molar-refractivity contribution >= 4 is 10.5 Å². The summed E-state index contributed by atoms with van der Waals surface area (Å²) < 4.78 is 5.89. The summed E-state index contributed by atoms with van der Waals surface area (Å²) in [5.41, 5.74) is 6.05. The minimum Gasteiger partial charge on any atom is -0.422 e. The molecule has 86 valence electrons. The highest BCUT2D eigenvalue weighted by atomic mass is 28.2. The lowest BCUT2D eigenvalue weighted by atomic mass is 9.76. The Bertz CT molecular complexity index is 151. The molecule has 1 atom stereocenters. The second-order valence-corrected chi connectivity index (χ2v) is 5.25. The summed E-state index contributed by atoms with van der Waals surface area (Å²) in [6, 6.07) is 0.272. The second-order valence-electron chi connectivity index (χ2n) is 4.84. The molecule has 0 fully saturated rings. The lowest BCUT2D eigenvalue weighted by Gasteiger charge is -2.42. The molecule has 0 spiro atoms. The van der Waals surface area contributed by atoms with E-state index in [1.807, 2.05) is 0 Å². The van der Waals surface area contributed by atoms with Crippen LogP contribution in [-0.2, 0) is 4.43 Å². The molecule has 0 amide bonds. The van der Waals surface area contributed by atoms with E-state index in [9.17, 15) is 0 Å². The van der Waals surface area contributed by atoms with Crippen molar-refractivity contribution in [3.8, 4) is 0 Å². The minimum atomic E-state index is 0.00164. The second kappa shape index (κ2) is 5.88. The van der Waals surface area contributed by atoms with E-state index < -0.39 is 0 Å². The van der Waals surface area contributed by atoms with E-state index in [-0.39, 0.29) is 11.6 Å². The van der Waals surface area contributed by atoms with Crippen molar-refractivity contribution in [2.45, 2.75) is 59.1 Å². The first kappa shape index (κ1) is 14.1. The van der Waals surface area contributed by atoms with Crippen LogP contribution in [0.25, 0.3) is 0 Å². The van der Waals surface area contributed by atoms with E-state index >= 15 is 0 Å². The minimum absolute atomic E-state index is 0.00164. The standard InChI is InChI=1S/C11H27NOSi/c1-6-10(12)7-11(13-14,8(2)3)9(4)5/h8-10H,6-7,12H2,1-5,14H3. The van der Waals surface area contributed by atoms with Gasteiger partial charge in [-0.05, 0) is 24.7 Å². The summed E-state index contributed by atoms with van der Waals surface area (Å²) in [7, 11) is 0.794. The largest absolute Gasteiger partial charge is 0.422 e. The molecule has 3 heteroatoms. The van der Waals surface area contributed by atoms with Crippen LogP contribution in [0.5, 0.6) is 0 Å². The molecule has 0 aliphatic carbocycles. The van der Waals surface area contributed by atoms with Crippen molar-refractivity contribution in [1.29, 1.82) is 0 Å². The Hall–Kier alpha value is 0.137. The van der Waals surface area contributed by atoms with Gasteiger partial charge in [0, 0.05) is 6.04 Å². The summed E-state index contributed by atoms with van der Waals surface area (Å²) in [6.45, 7) is 11.1. The van der Waals surface area contributed by atoms with Gasteiger partial charge in [0.25, 0.3) is 0 Å². The number of hydrogen-bond donors (Lipinski definition) is 1. The van der Waals surface area contributed by atoms with Gasteiger partial charge in [0.05, 0.1) is 5.60 Å². The number of hydrogen-bond acceptors (Lipinski definition) is 2. The third-order valence-electron chi connectivity index (χ3n) is 3.44. The topological polar surface area (TPSA) is 35.2 Å². The predicted molar refractivity (Wildman–Crippen MR) is 66.3 cm³/mol. The van der Waals surface area contributed by atoms with Gasteiger partial charge < -0.3 is 10.2 Å². The van der Waals surface area contributed by atoms with Crippen molar-refractivity contribution in [2.24, 2.45) is 17.6 Å². The summed E-state index contributed by atoms with van der Waals surface area (Å²) in [4.78, 5) is 0. The normalized spacial score (nSPS) is 15.4. The average molecular weight is 217 g/mol. The molecule has 0 aromatic heterocycles.